The first-order chi connectivity index (χ1) is 22.7. The largest absolute Gasteiger partial charge is 0.455 e. The second kappa shape index (κ2) is 10.3. The molecule has 6 heteroatoms. The smallest absolute Gasteiger partial charge is 0.164 e. The van der Waals surface area contributed by atoms with Crippen LogP contribution in [0.3, 0.4) is 0 Å². The third-order valence-electron chi connectivity index (χ3n) is 8.48. The summed E-state index contributed by atoms with van der Waals surface area (Å²) in [7, 11) is 0. The first-order valence-corrected chi connectivity index (χ1v) is 15.0. The quantitative estimate of drug-likeness (QED) is 0.204. The van der Waals surface area contributed by atoms with Gasteiger partial charge in [-0.05, 0) is 72.8 Å². The molecule has 9 aromatic rings. The van der Waals surface area contributed by atoms with Gasteiger partial charge in [0.15, 0.2) is 17.5 Å². The molecule has 0 aliphatic heterocycles. The third kappa shape index (κ3) is 4.07. The molecule has 0 fully saturated rings. The molecule has 9 rings (SSSR count). The number of nitriles is 1. The van der Waals surface area contributed by atoms with E-state index in [0.717, 1.165) is 66.1 Å². The zero-order valence-corrected chi connectivity index (χ0v) is 24.4. The normalized spacial score (nSPS) is 11.5. The highest BCUT2D eigenvalue weighted by Gasteiger charge is 2.20. The predicted molar refractivity (Wildman–Crippen MR) is 182 cm³/mol. The molecule has 6 aromatic carbocycles. The third-order valence-corrected chi connectivity index (χ3v) is 8.48. The lowest BCUT2D eigenvalue weighted by atomic mass is 10.1. The molecule has 3 aromatic heterocycles. The van der Waals surface area contributed by atoms with Crippen molar-refractivity contribution < 1.29 is 4.42 Å². The fourth-order valence-corrected chi connectivity index (χ4v) is 6.32. The molecule has 0 atom stereocenters. The van der Waals surface area contributed by atoms with Crippen molar-refractivity contribution in [2.24, 2.45) is 0 Å². The van der Waals surface area contributed by atoms with Crippen molar-refractivity contribution in [2.45, 2.75) is 0 Å². The van der Waals surface area contributed by atoms with Crippen molar-refractivity contribution >= 4 is 43.7 Å². The van der Waals surface area contributed by atoms with Crippen LogP contribution in [0.5, 0.6) is 0 Å². The summed E-state index contributed by atoms with van der Waals surface area (Å²) in [5, 5.41) is 13.5. The molecule has 0 aliphatic rings. The molecular formula is C40H23N5O. The maximum atomic E-state index is 9.29. The number of hydrogen-bond acceptors (Lipinski definition) is 5. The minimum atomic E-state index is 0.543. The summed E-state index contributed by atoms with van der Waals surface area (Å²) < 4.78 is 8.92. The summed E-state index contributed by atoms with van der Waals surface area (Å²) in [6.45, 7) is 0. The second-order valence-corrected chi connectivity index (χ2v) is 11.2. The summed E-state index contributed by atoms with van der Waals surface area (Å²) in [6.07, 6.45) is 0. The van der Waals surface area contributed by atoms with Gasteiger partial charge < -0.3 is 8.98 Å². The van der Waals surface area contributed by atoms with Crippen molar-refractivity contribution in [1.82, 2.24) is 19.5 Å². The van der Waals surface area contributed by atoms with Crippen LogP contribution in [0.25, 0.3) is 83.6 Å². The van der Waals surface area contributed by atoms with E-state index in [1.807, 2.05) is 60.7 Å². The van der Waals surface area contributed by atoms with Crippen LogP contribution in [-0.2, 0) is 0 Å². The van der Waals surface area contributed by atoms with Crippen LogP contribution in [0, 0.1) is 11.3 Å². The van der Waals surface area contributed by atoms with E-state index >= 15 is 0 Å². The van der Waals surface area contributed by atoms with Gasteiger partial charge in [0.1, 0.15) is 11.2 Å². The molecule has 0 spiro atoms. The first-order valence-electron chi connectivity index (χ1n) is 15.0. The molecule has 0 N–H and O–H groups in total. The monoisotopic (exact) mass is 589 g/mol. The Morgan fingerprint density at radius 1 is 0.522 bits per heavy atom. The van der Waals surface area contributed by atoms with E-state index in [1.54, 1.807) is 12.1 Å². The van der Waals surface area contributed by atoms with Gasteiger partial charge in [0.25, 0.3) is 0 Å². The molecule has 0 unspecified atom stereocenters. The van der Waals surface area contributed by atoms with Crippen molar-refractivity contribution in [3.05, 3.63) is 145 Å². The maximum absolute atomic E-state index is 9.29. The second-order valence-electron chi connectivity index (χ2n) is 11.2. The maximum Gasteiger partial charge on any atom is 0.164 e. The number of para-hydroxylation sites is 2. The molecule has 0 saturated carbocycles. The van der Waals surface area contributed by atoms with Gasteiger partial charge in [-0.3, -0.25) is 0 Å². The van der Waals surface area contributed by atoms with Crippen LogP contribution in [0.2, 0.25) is 0 Å². The molecular weight excluding hydrogens is 566 g/mol. The topological polar surface area (TPSA) is 80.5 Å². The molecule has 3 heterocycles. The fraction of sp³-hybridized carbons (Fsp3) is 0. The van der Waals surface area contributed by atoms with E-state index in [-0.39, 0.29) is 0 Å². The number of rotatable bonds is 4. The lowest BCUT2D eigenvalue weighted by Crippen LogP contribution is -2.00. The minimum absolute atomic E-state index is 0.543. The van der Waals surface area contributed by atoms with Crippen molar-refractivity contribution in [3.63, 3.8) is 0 Å². The lowest BCUT2D eigenvalue weighted by Gasteiger charge is -2.08. The van der Waals surface area contributed by atoms with Crippen LogP contribution in [0.15, 0.2) is 144 Å². The van der Waals surface area contributed by atoms with Gasteiger partial charge >= 0.3 is 0 Å². The van der Waals surface area contributed by atoms with E-state index in [4.69, 9.17) is 19.4 Å². The molecule has 6 nitrogen and oxygen atoms in total. The molecule has 0 saturated heterocycles. The zero-order chi connectivity index (χ0) is 30.6. The molecule has 214 valence electrons. The van der Waals surface area contributed by atoms with Crippen LogP contribution >= 0.6 is 0 Å². The van der Waals surface area contributed by atoms with Gasteiger partial charge in [-0.1, -0.05) is 66.7 Å². The summed E-state index contributed by atoms with van der Waals surface area (Å²) in [6, 6.07) is 48.7. The van der Waals surface area contributed by atoms with Gasteiger partial charge in [-0.2, -0.15) is 5.26 Å². The Morgan fingerprint density at radius 3 is 1.89 bits per heavy atom. The predicted octanol–water partition coefficient (Wildman–Crippen LogP) is 9.74. The van der Waals surface area contributed by atoms with Crippen LogP contribution in [0.4, 0.5) is 0 Å². The Bertz CT molecular complexity index is 2630. The highest BCUT2D eigenvalue weighted by molar-refractivity contribution is 6.24. The first kappa shape index (κ1) is 25.9. The summed E-state index contributed by atoms with van der Waals surface area (Å²) in [5.41, 5.74) is 8.13. The average Bonchev–Trinajstić information content (AvgIpc) is 3.67. The molecule has 0 amide bonds. The van der Waals surface area contributed by atoms with Crippen molar-refractivity contribution in [1.29, 1.82) is 5.26 Å². The highest BCUT2D eigenvalue weighted by Crippen LogP contribution is 2.41. The van der Waals surface area contributed by atoms with Crippen molar-refractivity contribution in [3.8, 4) is 45.9 Å². The number of nitrogens with zero attached hydrogens (tertiary/aromatic N) is 5. The number of hydrogen-bond donors (Lipinski definition) is 0. The highest BCUT2D eigenvalue weighted by atomic mass is 16.3. The molecule has 46 heavy (non-hydrogen) atoms. The number of aromatic nitrogens is 4. The Labute approximate surface area is 263 Å². The Morgan fingerprint density at radius 2 is 1.15 bits per heavy atom. The Kier molecular flexibility index (Phi) is 5.77. The van der Waals surface area contributed by atoms with Gasteiger partial charge in [0, 0.05) is 38.5 Å². The number of fused-ring (bicyclic) bond motifs is 7. The summed E-state index contributed by atoms with van der Waals surface area (Å²) in [4.78, 5) is 14.7. The SMILES string of the molecule is N#Cc1ccc(-c2nc(-c3ccccc3)nc(-c3ccc4oc5c(ccc6c5c5ccccc5n6-c5ccccc5)c4c3)n2)cc1. The standard InChI is InChI=1S/C40H23N5O/c41-24-25-15-17-27(18-16-25)39-42-38(26-9-3-1-4-10-26)43-40(44-39)28-19-22-35-32(23-28)30-20-21-34-36(37(30)46-35)31-13-7-8-14-33(31)45(34)29-11-5-2-6-12-29/h1-23H. The van der Waals surface area contributed by atoms with Gasteiger partial charge in [0.05, 0.1) is 28.1 Å². The molecule has 0 aliphatic carbocycles. The van der Waals surface area contributed by atoms with Crippen LogP contribution in [-0.4, -0.2) is 19.5 Å². The number of furan rings is 1. The Balaban J connectivity index is 1.26. The summed E-state index contributed by atoms with van der Waals surface area (Å²) in [5.74, 6) is 1.68. The Hall–Kier alpha value is -6.58. The van der Waals surface area contributed by atoms with Crippen LogP contribution < -0.4 is 0 Å². The zero-order valence-electron chi connectivity index (χ0n) is 24.4. The average molecular weight is 590 g/mol. The van der Waals surface area contributed by atoms with E-state index in [2.05, 4.69) is 77.4 Å². The fourth-order valence-electron chi connectivity index (χ4n) is 6.32. The van der Waals surface area contributed by atoms with Crippen LogP contribution in [0.1, 0.15) is 5.56 Å². The van der Waals surface area contributed by atoms with Gasteiger partial charge in [-0.25, -0.2) is 15.0 Å². The summed E-state index contributed by atoms with van der Waals surface area (Å²) >= 11 is 0. The van der Waals surface area contributed by atoms with E-state index < -0.39 is 0 Å². The lowest BCUT2D eigenvalue weighted by molar-refractivity contribution is 0.673. The minimum Gasteiger partial charge on any atom is -0.455 e. The molecule has 0 bridgehead atoms. The molecule has 0 radical (unpaired) electrons. The van der Waals surface area contributed by atoms with Gasteiger partial charge in [0.2, 0.25) is 0 Å². The van der Waals surface area contributed by atoms with Crippen molar-refractivity contribution in [2.75, 3.05) is 0 Å². The van der Waals surface area contributed by atoms with E-state index in [1.165, 1.54) is 0 Å². The van der Waals surface area contributed by atoms with E-state index in [9.17, 15) is 5.26 Å². The van der Waals surface area contributed by atoms with Gasteiger partial charge in [-0.15, -0.1) is 0 Å². The number of benzene rings is 6. The van der Waals surface area contributed by atoms with E-state index in [0.29, 0.717) is 23.0 Å².